The molecule has 0 radical (unpaired) electrons. The lowest BCUT2D eigenvalue weighted by atomic mass is 10.1. The molecule has 0 unspecified atom stereocenters. The topological polar surface area (TPSA) is 122 Å². The average molecular weight is 424 g/mol. The molecule has 0 spiro atoms. The normalized spacial score (nSPS) is 10.9. The van der Waals surface area contributed by atoms with Crippen molar-refractivity contribution in [1.29, 1.82) is 0 Å². The molecule has 0 aromatic heterocycles. The number of carboxylic acids is 1. The number of thioether (sulfide) groups is 1. The summed E-state index contributed by atoms with van der Waals surface area (Å²) >= 11 is 1.47. The lowest BCUT2D eigenvalue weighted by Gasteiger charge is -2.03. The van der Waals surface area contributed by atoms with Gasteiger partial charge in [-0.05, 0) is 18.6 Å². The summed E-state index contributed by atoms with van der Waals surface area (Å²) in [4.78, 5) is 32.3. The molecule has 0 saturated carbocycles. The minimum absolute atomic E-state index is 0.0163. The van der Waals surface area contributed by atoms with E-state index in [1.165, 1.54) is 43.0 Å². The van der Waals surface area contributed by atoms with Crippen molar-refractivity contribution >= 4 is 35.5 Å². The van der Waals surface area contributed by atoms with Gasteiger partial charge in [-0.15, -0.1) is 0 Å². The van der Waals surface area contributed by atoms with Crippen molar-refractivity contribution in [2.75, 3.05) is 11.5 Å². The molecule has 9 heteroatoms. The summed E-state index contributed by atoms with van der Waals surface area (Å²) < 4.78 is 0. The number of nitrogens with one attached hydrogen (secondary N) is 1. The Balaban J connectivity index is 1.98. The Kier molecular flexibility index (Phi) is 13.2. The zero-order valence-corrected chi connectivity index (χ0v) is 17.4. The van der Waals surface area contributed by atoms with E-state index in [4.69, 9.17) is 5.11 Å². The highest BCUT2D eigenvalue weighted by atomic mass is 32.2. The number of carbonyl (C=O) groups excluding carboxylic acids is 1. The maximum absolute atomic E-state index is 11.7. The molecule has 8 nitrogen and oxygen atoms in total. The minimum atomic E-state index is -0.752. The molecule has 1 aromatic rings. The number of hydrazone groups is 1. The summed E-state index contributed by atoms with van der Waals surface area (Å²) in [5.74, 6) is 0.183. The third-order valence-electron chi connectivity index (χ3n) is 4.15. The number of carboxylic acid groups (broad SMARTS) is 1. The average Bonchev–Trinajstić information content (AvgIpc) is 2.68. The largest absolute Gasteiger partial charge is 0.481 e. The highest BCUT2D eigenvalue weighted by Crippen LogP contribution is 2.12. The minimum Gasteiger partial charge on any atom is -0.481 e. The van der Waals surface area contributed by atoms with Crippen molar-refractivity contribution in [2.24, 2.45) is 5.10 Å². The van der Waals surface area contributed by atoms with Crippen LogP contribution in [0.4, 0.5) is 5.69 Å². The van der Waals surface area contributed by atoms with Crippen LogP contribution in [0.1, 0.15) is 63.4 Å². The van der Waals surface area contributed by atoms with Crippen LogP contribution in [-0.2, 0) is 9.59 Å². The summed E-state index contributed by atoms with van der Waals surface area (Å²) in [6.45, 7) is 0. The van der Waals surface area contributed by atoms with E-state index in [0.29, 0.717) is 12.0 Å². The van der Waals surface area contributed by atoms with E-state index in [0.717, 1.165) is 44.3 Å². The Hall–Kier alpha value is -2.42. The van der Waals surface area contributed by atoms with Gasteiger partial charge in [-0.25, -0.2) is 5.43 Å². The molecule has 1 rings (SSSR count). The summed E-state index contributed by atoms with van der Waals surface area (Å²) in [6.07, 6.45) is 10.4. The van der Waals surface area contributed by atoms with Gasteiger partial charge in [-0.3, -0.25) is 19.7 Å². The van der Waals surface area contributed by atoms with Gasteiger partial charge in [-0.1, -0.05) is 50.7 Å². The number of amides is 1. The zero-order valence-electron chi connectivity index (χ0n) is 16.5. The van der Waals surface area contributed by atoms with Gasteiger partial charge in [0.25, 0.3) is 5.69 Å². The van der Waals surface area contributed by atoms with Crippen LogP contribution in [0.15, 0.2) is 29.4 Å². The first kappa shape index (κ1) is 24.6. The number of nitrogens with zero attached hydrogens (tertiary/aromatic N) is 2. The van der Waals surface area contributed by atoms with Gasteiger partial charge in [-0.2, -0.15) is 16.9 Å². The molecule has 1 amide bonds. The van der Waals surface area contributed by atoms with E-state index in [-0.39, 0.29) is 17.3 Å². The Morgan fingerprint density at radius 1 is 1.10 bits per heavy atom. The molecule has 29 heavy (non-hydrogen) atoms. The van der Waals surface area contributed by atoms with Crippen molar-refractivity contribution in [1.82, 2.24) is 5.43 Å². The summed E-state index contributed by atoms with van der Waals surface area (Å²) in [7, 11) is 0. The fourth-order valence-corrected chi connectivity index (χ4v) is 3.39. The molecular weight excluding hydrogens is 394 g/mol. The number of hydrogen-bond acceptors (Lipinski definition) is 6. The van der Waals surface area contributed by atoms with E-state index in [1.54, 1.807) is 12.1 Å². The number of rotatable bonds is 16. The van der Waals surface area contributed by atoms with Crippen molar-refractivity contribution in [3.63, 3.8) is 0 Å². The first-order valence-electron chi connectivity index (χ1n) is 9.85. The standard InChI is InChI=1S/C20H29N3O5S/c24-19(22-21-15-17-10-9-11-18(14-17)23(27)28)12-7-5-3-1-2-4-6-8-13-29-16-20(25)26/h9-11,14-15H,1-8,12-13,16H2,(H,22,24)(H,25,26). The molecule has 0 heterocycles. The van der Waals surface area contributed by atoms with Crippen LogP contribution >= 0.6 is 11.8 Å². The van der Waals surface area contributed by atoms with E-state index in [1.807, 2.05) is 0 Å². The molecule has 0 saturated heterocycles. The zero-order chi connectivity index (χ0) is 21.3. The van der Waals surface area contributed by atoms with E-state index in [2.05, 4.69) is 10.5 Å². The summed E-state index contributed by atoms with van der Waals surface area (Å²) in [5, 5.41) is 23.1. The monoisotopic (exact) mass is 423 g/mol. The van der Waals surface area contributed by atoms with Gasteiger partial charge in [0.05, 0.1) is 16.9 Å². The van der Waals surface area contributed by atoms with Gasteiger partial charge in [0.15, 0.2) is 0 Å². The number of nitro groups is 1. The highest BCUT2D eigenvalue weighted by Gasteiger charge is 2.04. The number of nitro benzene ring substituents is 1. The van der Waals surface area contributed by atoms with Crippen molar-refractivity contribution in [2.45, 2.75) is 57.8 Å². The fourth-order valence-electron chi connectivity index (χ4n) is 2.66. The van der Waals surface area contributed by atoms with E-state index >= 15 is 0 Å². The van der Waals surface area contributed by atoms with Gasteiger partial charge in [0, 0.05) is 24.1 Å². The lowest BCUT2D eigenvalue weighted by molar-refractivity contribution is -0.384. The maximum atomic E-state index is 11.7. The van der Waals surface area contributed by atoms with Crippen LogP contribution in [0.5, 0.6) is 0 Å². The second-order valence-corrected chi connectivity index (χ2v) is 7.78. The van der Waals surface area contributed by atoms with Crippen molar-refractivity contribution in [3.8, 4) is 0 Å². The molecule has 0 aliphatic heterocycles. The van der Waals surface area contributed by atoms with Crippen LogP contribution in [-0.4, -0.2) is 39.6 Å². The number of unbranched alkanes of at least 4 members (excludes halogenated alkanes) is 7. The predicted molar refractivity (Wildman–Crippen MR) is 115 cm³/mol. The van der Waals surface area contributed by atoms with Crippen molar-refractivity contribution in [3.05, 3.63) is 39.9 Å². The lowest BCUT2D eigenvalue weighted by Crippen LogP contribution is -2.16. The number of benzene rings is 1. The molecule has 160 valence electrons. The van der Waals surface area contributed by atoms with E-state index in [9.17, 15) is 19.7 Å². The highest BCUT2D eigenvalue weighted by molar-refractivity contribution is 7.99. The quantitative estimate of drug-likeness (QED) is 0.176. The van der Waals surface area contributed by atoms with Crippen LogP contribution in [0.3, 0.4) is 0 Å². The summed E-state index contributed by atoms with van der Waals surface area (Å²) in [6, 6.07) is 6.04. The third-order valence-corrected chi connectivity index (χ3v) is 5.18. The molecular formula is C20H29N3O5S. The fraction of sp³-hybridized carbons (Fsp3) is 0.550. The Morgan fingerprint density at radius 2 is 1.76 bits per heavy atom. The Morgan fingerprint density at radius 3 is 2.41 bits per heavy atom. The van der Waals surface area contributed by atoms with E-state index < -0.39 is 10.9 Å². The van der Waals surface area contributed by atoms with Crippen LogP contribution in [0.2, 0.25) is 0 Å². The smallest absolute Gasteiger partial charge is 0.313 e. The first-order chi connectivity index (χ1) is 14.0. The van der Waals surface area contributed by atoms with Crippen LogP contribution in [0.25, 0.3) is 0 Å². The molecule has 1 aromatic carbocycles. The summed E-state index contributed by atoms with van der Waals surface area (Å²) in [5.41, 5.74) is 2.98. The second-order valence-electron chi connectivity index (χ2n) is 6.67. The van der Waals surface area contributed by atoms with Gasteiger partial charge >= 0.3 is 5.97 Å². The Bertz CT molecular complexity index is 682. The molecule has 0 aliphatic rings. The second kappa shape index (κ2) is 15.5. The van der Waals surface area contributed by atoms with Crippen LogP contribution in [0, 0.1) is 10.1 Å². The number of non-ortho nitro benzene ring substituents is 1. The van der Waals surface area contributed by atoms with Crippen molar-refractivity contribution < 1.29 is 19.6 Å². The molecule has 0 fully saturated rings. The van der Waals surface area contributed by atoms with Gasteiger partial charge in [0.1, 0.15) is 0 Å². The number of hydrogen-bond donors (Lipinski definition) is 2. The molecule has 0 aliphatic carbocycles. The maximum Gasteiger partial charge on any atom is 0.313 e. The van der Waals surface area contributed by atoms with Crippen LogP contribution < -0.4 is 5.43 Å². The third kappa shape index (κ3) is 13.4. The molecule has 0 atom stereocenters. The first-order valence-corrected chi connectivity index (χ1v) is 11.0. The number of aliphatic carboxylic acids is 1. The SMILES string of the molecule is O=C(O)CSCCCCCCCCCCC(=O)NN=Cc1cccc([N+](=O)[O-])c1. The molecule has 2 N–H and O–H groups in total. The van der Waals surface area contributed by atoms with Gasteiger partial charge in [0.2, 0.25) is 5.91 Å². The predicted octanol–water partition coefficient (Wildman–Crippen LogP) is 4.37. The Labute approximate surface area is 175 Å². The molecule has 0 bridgehead atoms. The van der Waals surface area contributed by atoms with Gasteiger partial charge < -0.3 is 5.11 Å². The number of carbonyl (C=O) groups is 2.